The second-order valence-corrected chi connectivity index (χ2v) is 3.93. The Morgan fingerprint density at radius 1 is 1.36 bits per heavy atom. The van der Waals surface area contributed by atoms with Crippen LogP contribution in [0.3, 0.4) is 0 Å². The Hall–Kier alpha value is -1.28. The summed E-state index contributed by atoms with van der Waals surface area (Å²) in [5.41, 5.74) is 3.80. The van der Waals surface area contributed by atoms with Gasteiger partial charge in [0.1, 0.15) is 0 Å². The Morgan fingerprint density at radius 2 is 2.14 bits per heavy atom. The number of likely N-dealkylation sites (N-methyl/N-ethyl adjacent to an activating group) is 1. The monoisotopic (exact) mass is 188 g/mol. The summed E-state index contributed by atoms with van der Waals surface area (Å²) in [7, 11) is 1.99. The smallest absolute Gasteiger partial charge is 0.0629 e. The minimum atomic E-state index is -0.0497. The van der Waals surface area contributed by atoms with Crippen LogP contribution in [0.15, 0.2) is 30.5 Å². The van der Waals surface area contributed by atoms with Crippen LogP contribution < -0.4 is 10.6 Å². The highest BCUT2D eigenvalue weighted by Gasteiger charge is 2.28. The summed E-state index contributed by atoms with van der Waals surface area (Å²) in [5.74, 6) is 0. The molecule has 1 aromatic rings. The van der Waals surface area contributed by atoms with E-state index in [1.165, 1.54) is 16.8 Å². The number of rotatable bonds is 1. The molecule has 2 heteroatoms. The molecule has 2 rings (SSSR count). The molecule has 0 bridgehead atoms. The molecule has 0 aliphatic carbocycles. The lowest BCUT2D eigenvalue weighted by molar-refractivity contribution is 0.499. The molecular formula is C12H16N2. The zero-order valence-corrected chi connectivity index (χ0v) is 8.89. The van der Waals surface area contributed by atoms with Crippen molar-refractivity contribution >= 4 is 5.69 Å². The lowest BCUT2D eigenvalue weighted by Crippen LogP contribution is -2.37. The van der Waals surface area contributed by atoms with Gasteiger partial charge in [0, 0.05) is 11.3 Å². The highest BCUT2D eigenvalue weighted by molar-refractivity contribution is 5.62. The van der Waals surface area contributed by atoms with Crippen LogP contribution in [0, 0.1) is 6.92 Å². The second-order valence-electron chi connectivity index (χ2n) is 3.93. The molecule has 0 saturated carbocycles. The van der Waals surface area contributed by atoms with Crippen LogP contribution >= 0.6 is 0 Å². The van der Waals surface area contributed by atoms with Gasteiger partial charge >= 0.3 is 0 Å². The molecule has 2 N–H and O–H groups in total. The predicted molar refractivity (Wildman–Crippen MR) is 60.4 cm³/mol. The van der Waals surface area contributed by atoms with Gasteiger partial charge < -0.3 is 10.6 Å². The summed E-state index contributed by atoms with van der Waals surface area (Å²) in [4.78, 5) is 0. The van der Waals surface area contributed by atoms with Crippen molar-refractivity contribution in [3.8, 4) is 0 Å². The van der Waals surface area contributed by atoms with Crippen molar-refractivity contribution in [1.82, 2.24) is 5.32 Å². The van der Waals surface area contributed by atoms with Crippen LogP contribution in [-0.4, -0.2) is 7.05 Å². The van der Waals surface area contributed by atoms with Crippen LogP contribution in [0.1, 0.15) is 18.1 Å². The zero-order valence-electron chi connectivity index (χ0n) is 8.89. The summed E-state index contributed by atoms with van der Waals surface area (Å²) >= 11 is 0. The van der Waals surface area contributed by atoms with Crippen molar-refractivity contribution < 1.29 is 0 Å². The standard InChI is InChI=1S/C12H16N2/c1-9-5-4-6-10-11(9)12(2,13-3)7-8-14-10/h4-8,13-14H,1-3H3. The Bertz CT molecular complexity index is 382. The number of benzene rings is 1. The van der Waals surface area contributed by atoms with E-state index < -0.39 is 0 Å². The molecule has 0 fully saturated rings. The minimum absolute atomic E-state index is 0.0497. The molecule has 0 saturated heterocycles. The van der Waals surface area contributed by atoms with Gasteiger partial charge in [-0.25, -0.2) is 0 Å². The van der Waals surface area contributed by atoms with E-state index in [-0.39, 0.29) is 5.54 Å². The van der Waals surface area contributed by atoms with Gasteiger partial charge in [0.25, 0.3) is 0 Å². The molecule has 2 nitrogen and oxygen atoms in total. The maximum atomic E-state index is 3.35. The lowest BCUT2D eigenvalue weighted by Gasteiger charge is -2.33. The van der Waals surface area contributed by atoms with E-state index in [4.69, 9.17) is 0 Å². The molecule has 0 aromatic heterocycles. The van der Waals surface area contributed by atoms with Crippen molar-refractivity contribution in [1.29, 1.82) is 0 Å². The largest absolute Gasteiger partial charge is 0.362 e. The van der Waals surface area contributed by atoms with Crippen LogP contribution in [0.2, 0.25) is 0 Å². The molecule has 14 heavy (non-hydrogen) atoms. The number of anilines is 1. The van der Waals surface area contributed by atoms with Crippen LogP contribution in [-0.2, 0) is 5.54 Å². The SMILES string of the molecule is CNC1(C)C=CNc2cccc(C)c21. The first-order valence-corrected chi connectivity index (χ1v) is 4.90. The average Bonchev–Trinajstić information content (AvgIpc) is 2.18. The highest BCUT2D eigenvalue weighted by atomic mass is 15.0. The van der Waals surface area contributed by atoms with Crippen molar-refractivity contribution in [3.05, 3.63) is 41.6 Å². The van der Waals surface area contributed by atoms with Gasteiger partial charge in [-0.2, -0.15) is 0 Å². The fraction of sp³-hybridized carbons (Fsp3) is 0.333. The van der Waals surface area contributed by atoms with Gasteiger partial charge in [0.05, 0.1) is 5.54 Å². The Balaban J connectivity index is 2.63. The topological polar surface area (TPSA) is 24.1 Å². The second kappa shape index (κ2) is 3.14. The van der Waals surface area contributed by atoms with Gasteiger partial charge in [-0.3, -0.25) is 0 Å². The molecule has 0 spiro atoms. The minimum Gasteiger partial charge on any atom is -0.362 e. The van der Waals surface area contributed by atoms with Gasteiger partial charge in [-0.15, -0.1) is 0 Å². The molecule has 1 heterocycles. The third-order valence-corrected chi connectivity index (χ3v) is 2.97. The molecule has 1 aliphatic rings. The molecule has 1 aliphatic heterocycles. The van der Waals surface area contributed by atoms with Gasteiger partial charge in [0.15, 0.2) is 0 Å². The number of hydrogen-bond donors (Lipinski definition) is 2. The first-order chi connectivity index (χ1) is 6.67. The van der Waals surface area contributed by atoms with E-state index in [0.717, 1.165) is 0 Å². The normalized spacial score (nSPS) is 24.2. The van der Waals surface area contributed by atoms with Gasteiger partial charge in [0.2, 0.25) is 0 Å². The summed E-state index contributed by atoms with van der Waals surface area (Å²) in [6.45, 7) is 4.34. The molecule has 1 unspecified atom stereocenters. The first-order valence-electron chi connectivity index (χ1n) is 4.90. The zero-order chi connectivity index (χ0) is 10.2. The third-order valence-electron chi connectivity index (χ3n) is 2.97. The number of hydrogen-bond acceptors (Lipinski definition) is 2. The predicted octanol–water partition coefficient (Wildman–Crippen LogP) is 2.37. The van der Waals surface area contributed by atoms with Crippen LogP contribution in [0.4, 0.5) is 5.69 Å². The Labute approximate surface area is 85.0 Å². The molecule has 1 atom stereocenters. The molecule has 1 aromatic carbocycles. The summed E-state index contributed by atoms with van der Waals surface area (Å²) in [5, 5.41) is 6.62. The van der Waals surface area contributed by atoms with E-state index in [2.05, 4.69) is 48.8 Å². The van der Waals surface area contributed by atoms with E-state index in [1.807, 2.05) is 13.2 Å². The molecule has 74 valence electrons. The number of nitrogens with one attached hydrogen (secondary N) is 2. The Morgan fingerprint density at radius 3 is 2.86 bits per heavy atom. The molecular weight excluding hydrogens is 172 g/mol. The summed E-state index contributed by atoms with van der Waals surface area (Å²) < 4.78 is 0. The molecule has 0 radical (unpaired) electrons. The van der Waals surface area contributed by atoms with Gasteiger partial charge in [-0.05, 0) is 44.8 Å². The van der Waals surface area contributed by atoms with Crippen molar-refractivity contribution in [2.45, 2.75) is 19.4 Å². The highest BCUT2D eigenvalue weighted by Crippen LogP contribution is 2.34. The average molecular weight is 188 g/mol. The number of aryl methyl sites for hydroxylation is 1. The van der Waals surface area contributed by atoms with E-state index in [9.17, 15) is 0 Å². The maximum Gasteiger partial charge on any atom is 0.0629 e. The summed E-state index contributed by atoms with van der Waals surface area (Å²) in [6, 6.07) is 6.34. The fourth-order valence-electron chi connectivity index (χ4n) is 2.07. The molecule has 0 amide bonds. The van der Waals surface area contributed by atoms with Crippen molar-refractivity contribution in [2.75, 3.05) is 12.4 Å². The van der Waals surface area contributed by atoms with Crippen LogP contribution in [0.5, 0.6) is 0 Å². The first kappa shape index (κ1) is 9.28. The maximum absolute atomic E-state index is 3.35. The van der Waals surface area contributed by atoms with Crippen molar-refractivity contribution in [2.24, 2.45) is 0 Å². The summed E-state index contributed by atoms with van der Waals surface area (Å²) in [6.07, 6.45) is 4.15. The van der Waals surface area contributed by atoms with Gasteiger partial charge in [-0.1, -0.05) is 12.1 Å². The van der Waals surface area contributed by atoms with Crippen LogP contribution in [0.25, 0.3) is 0 Å². The number of fused-ring (bicyclic) bond motifs is 1. The lowest BCUT2D eigenvalue weighted by atomic mass is 9.85. The van der Waals surface area contributed by atoms with E-state index in [0.29, 0.717) is 0 Å². The van der Waals surface area contributed by atoms with E-state index in [1.54, 1.807) is 0 Å². The fourth-order valence-corrected chi connectivity index (χ4v) is 2.07. The third kappa shape index (κ3) is 1.23. The van der Waals surface area contributed by atoms with E-state index >= 15 is 0 Å². The van der Waals surface area contributed by atoms with Crippen molar-refractivity contribution in [3.63, 3.8) is 0 Å². The Kier molecular flexibility index (Phi) is 2.08. The quantitative estimate of drug-likeness (QED) is 0.707.